The third kappa shape index (κ3) is 3.96. The van der Waals surface area contributed by atoms with Crippen LogP contribution in [0, 0.1) is 0 Å². The van der Waals surface area contributed by atoms with Crippen LogP contribution in [0.5, 0.6) is 0 Å². The first kappa shape index (κ1) is 14.5. The van der Waals surface area contributed by atoms with Gasteiger partial charge in [-0.1, -0.05) is 6.92 Å². The molecule has 1 aliphatic rings. The van der Waals surface area contributed by atoms with Crippen LogP contribution < -0.4 is 5.32 Å². The standard InChI is InChI=1S/C13H26N2O2/c1-5-14-13(3,4)12(16)15-9-7-11(8-10-15)17-6-2/h11,14H,5-10H2,1-4H3. The Hall–Kier alpha value is -0.610. The summed E-state index contributed by atoms with van der Waals surface area (Å²) in [5, 5.41) is 3.23. The number of piperidine rings is 1. The summed E-state index contributed by atoms with van der Waals surface area (Å²) in [5.41, 5.74) is -0.451. The van der Waals surface area contributed by atoms with Gasteiger partial charge in [0.1, 0.15) is 0 Å². The fourth-order valence-corrected chi connectivity index (χ4v) is 2.37. The summed E-state index contributed by atoms with van der Waals surface area (Å²) in [7, 11) is 0. The Bertz CT molecular complexity index is 246. The SMILES string of the molecule is CCNC(C)(C)C(=O)N1CCC(OCC)CC1. The number of hydrogen-bond donors (Lipinski definition) is 1. The van der Waals surface area contributed by atoms with Crippen molar-refractivity contribution in [2.24, 2.45) is 0 Å². The summed E-state index contributed by atoms with van der Waals surface area (Å²) in [6.07, 6.45) is 2.26. The summed E-state index contributed by atoms with van der Waals surface area (Å²) >= 11 is 0. The van der Waals surface area contributed by atoms with E-state index in [0.29, 0.717) is 6.10 Å². The first-order valence-corrected chi connectivity index (χ1v) is 6.67. The maximum atomic E-state index is 12.3. The Labute approximate surface area is 105 Å². The maximum Gasteiger partial charge on any atom is 0.242 e. The number of carbonyl (C=O) groups is 1. The number of amides is 1. The fraction of sp³-hybridized carbons (Fsp3) is 0.923. The van der Waals surface area contributed by atoms with Crippen LogP contribution in [0.25, 0.3) is 0 Å². The van der Waals surface area contributed by atoms with Crippen LogP contribution in [-0.4, -0.2) is 48.7 Å². The number of ether oxygens (including phenoxy) is 1. The van der Waals surface area contributed by atoms with Crippen molar-refractivity contribution in [3.63, 3.8) is 0 Å². The van der Waals surface area contributed by atoms with Crippen LogP contribution in [0.2, 0.25) is 0 Å². The lowest BCUT2D eigenvalue weighted by molar-refractivity contribution is -0.139. The molecule has 0 saturated carbocycles. The molecule has 1 amide bonds. The number of hydrogen-bond acceptors (Lipinski definition) is 3. The number of nitrogens with one attached hydrogen (secondary N) is 1. The van der Waals surface area contributed by atoms with E-state index >= 15 is 0 Å². The summed E-state index contributed by atoms with van der Waals surface area (Å²) in [6, 6.07) is 0. The van der Waals surface area contributed by atoms with Crippen molar-refractivity contribution in [2.75, 3.05) is 26.2 Å². The molecule has 1 heterocycles. The first-order valence-electron chi connectivity index (χ1n) is 6.67. The van der Waals surface area contributed by atoms with Gasteiger partial charge in [-0.05, 0) is 40.2 Å². The molecule has 0 radical (unpaired) electrons. The first-order chi connectivity index (χ1) is 8.01. The second-order valence-corrected chi connectivity index (χ2v) is 5.10. The molecule has 17 heavy (non-hydrogen) atoms. The van der Waals surface area contributed by atoms with Crippen molar-refractivity contribution in [1.82, 2.24) is 10.2 Å². The topological polar surface area (TPSA) is 41.6 Å². The lowest BCUT2D eigenvalue weighted by Gasteiger charge is -2.37. The molecule has 0 aromatic rings. The van der Waals surface area contributed by atoms with E-state index in [0.717, 1.165) is 39.1 Å². The third-order valence-corrected chi connectivity index (χ3v) is 3.28. The van der Waals surface area contributed by atoms with Gasteiger partial charge in [0.05, 0.1) is 11.6 Å². The monoisotopic (exact) mass is 242 g/mol. The largest absolute Gasteiger partial charge is 0.378 e. The highest BCUT2D eigenvalue weighted by Crippen LogP contribution is 2.17. The minimum atomic E-state index is -0.451. The van der Waals surface area contributed by atoms with E-state index in [2.05, 4.69) is 5.32 Å². The van der Waals surface area contributed by atoms with Gasteiger partial charge >= 0.3 is 0 Å². The zero-order chi connectivity index (χ0) is 12.9. The van der Waals surface area contributed by atoms with Gasteiger partial charge in [0, 0.05) is 19.7 Å². The van der Waals surface area contributed by atoms with Crippen LogP contribution in [0.4, 0.5) is 0 Å². The third-order valence-electron chi connectivity index (χ3n) is 3.28. The molecule has 0 unspecified atom stereocenters. The van der Waals surface area contributed by atoms with Crippen molar-refractivity contribution >= 4 is 5.91 Å². The van der Waals surface area contributed by atoms with Crippen molar-refractivity contribution in [1.29, 1.82) is 0 Å². The number of likely N-dealkylation sites (N-methyl/N-ethyl adjacent to an activating group) is 1. The zero-order valence-electron chi connectivity index (χ0n) is 11.6. The highest BCUT2D eigenvalue weighted by molar-refractivity contribution is 5.85. The van der Waals surface area contributed by atoms with Crippen LogP contribution in [0.15, 0.2) is 0 Å². The average Bonchev–Trinajstić information content (AvgIpc) is 2.29. The second-order valence-electron chi connectivity index (χ2n) is 5.10. The van der Waals surface area contributed by atoms with Crippen LogP contribution >= 0.6 is 0 Å². The molecule has 0 atom stereocenters. The van der Waals surface area contributed by atoms with E-state index in [1.54, 1.807) is 0 Å². The molecule has 1 saturated heterocycles. The smallest absolute Gasteiger partial charge is 0.242 e. The van der Waals surface area contributed by atoms with Crippen molar-refractivity contribution in [3.8, 4) is 0 Å². The summed E-state index contributed by atoms with van der Waals surface area (Å²) in [6.45, 7) is 11.2. The Kier molecular flexibility index (Phi) is 5.40. The van der Waals surface area contributed by atoms with Gasteiger partial charge in [0.15, 0.2) is 0 Å². The van der Waals surface area contributed by atoms with Gasteiger partial charge in [0.2, 0.25) is 5.91 Å². The van der Waals surface area contributed by atoms with Gasteiger partial charge < -0.3 is 15.0 Å². The molecule has 4 heteroatoms. The van der Waals surface area contributed by atoms with E-state index in [1.807, 2.05) is 32.6 Å². The van der Waals surface area contributed by atoms with Crippen molar-refractivity contribution in [3.05, 3.63) is 0 Å². The average molecular weight is 242 g/mol. The second kappa shape index (κ2) is 6.36. The summed E-state index contributed by atoms with van der Waals surface area (Å²) in [4.78, 5) is 14.3. The molecular formula is C13H26N2O2. The number of carbonyl (C=O) groups excluding carboxylic acids is 1. The van der Waals surface area contributed by atoms with E-state index in [4.69, 9.17) is 4.74 Å². The molecule has 0 aromatic heterocycles. The van der Waals surface area contributed by atoms with Crippen LogP contribution in [0.1, 0.15) is 40.5 Å². The predicted octanol–water partition coefficient (Wildman–Crippen LogP) is 1.40. The molecule has 1 rings (SSSR count). The Morgan fingerprint density at radius 1 is 1.35 bits per heavy atom. The normalized spacial score (nSPS) is 18.5. The number of nitrogens with zero attached hydrogens (tertiary/aromatic N) is 1. The van der Waals surface area contributed by atoms with Crippen LogP contribution in [0.3, 0.4) is 0 Å². The molecule has 1 aliphatic heterocycles. The van der Waals surface area contributed by atoms with Crippen molar-refractivity contribution in [2.45, 2.75) is 52.2 Å². The zero-order valence-corrected chi connectivity index (χ0v) is 11.6. The fourth-order valence-electron chi connectivity index (χ4n) is 2.37. The van der Waals surface area contributed by atoms with E-state index in [-0.39, 0.29) is 5.91 Å². The molecule has 1 N–H and O–H groups in total. The van der Waals surface area contributed by atoms with Gasteiger partial charge in [-0.3, -0.25) is 4.79 Å². The van der Waals surface area contributed by atoms with Crippen LogP contribution in [-0.2, 0) is 9.53 Å². The molecular weight excluding hydrogens is 216 g/mol. The Morgan fingerprint density at radius 2 is 1.94 bits per heavy atom. The minimum Gasteiger partial charge on any atom is -0.378 e. The highest BCUT2D eigenvalue weighted by atomic mass is 16.5. The summed E-state index contributed by atoms with van der Waals surface area (Å²) < 4.78 is 5.59. The minimum absolute atomic E-state index is 0.203. The molecule has 0 aliphatic carbocycles. The molecule has 1 fully saturated rings. The van der Waals surface area contributed by atoms with Gasteiger partial charge in [-0.25, -0.2) is 0 Å². The van der Waals surface area contributed by atoms with E-state index < -0.39 is 5.54 Å². The summed E-state index contributed by atoms with van der Waals surface area (Å²) in [5.74, 6) is 0.203. The van der Waals surface area contributed by atoms with E-state index in [9.17, 15) is 4.79 Å². The van der Waals surface area contributed by atoms with E-state index in [1.165, 1.54) is 0 Å². The molecule has 100 valence electrons. The highest BCUT2D eigenvalue weighted by Gasteiger charge is 2.33. The molecule has 0 bridgehead atoms. The lowest BCUT2D eigenvalue weighted by Crippen LogP contribution is -2.56. The molecule has 0 spiro atoms. The molecule has 4 nitrogen and oxygen atoms in total. The van der Waals surface area contributed by atoms with Gasteiger partial charge in [-0.2, -0.15) is 0 Å². The predicted molar refractivity (Wildman–Crippen MR) is 69.0 cm³/mol. The lowest BCUT2D eigenvalue weighted by atomic mass is 10.00. The van der Waals surface area contributed by atoms with Gasteiger partial charge in [0.25, 0.3) is 0 Å². The molecule has 0 aromatic carbocycles. The van der Waals surface area contributed by atoms with Gasteiger partial charge in [-0.15, -0.1) is 0 Å². The van der Waals surface area contributed by atoms with Crippen molar-refractivity contribution < 1.29 is 9.53 Å². The Balaban J connectivity index is 2.45. The Morgan fingerprint density at radius 3 is 2.41 bits per heavy atom. The maximum absolute atomic E-state index is 12.3. The quantitative estimate of drug-likeness (QED) is 0.792. The number of likely N-dealkylation sites (tertiary alicyclic amines) is 1. The number of rotatable bonds is 5.